The van der Waals surface area contributed by atoms with Crippen LogP contribution in [0.4, 0.5) is 4.79 Å². The van der Waals surface area contributed by atoms with Crippen LogP contribution in [0.15, 0.2) is 48.5 Å². The fraction of sp³-hybridized carbons (Fsp3) is 0.400. The lowest BCUT2D eigenvalue weighted by Gasteiger charge is -2.31. The number of aliphatic carboxylic acids is 1. The first kappa shape index (κ1) is 22.8. The van der Waals surface area contributed by atoms with Gasteiger partial charge in [0, 0.05) is 12.0 Å². The Morgan fingerprint density at radius 1 is 0.970 bits per heavy atom. The van der Waals surface area contributed by atoms with Crippen LogP contribution in [0.1, 0.15) is 42.7 Å². The molecule has 33 heavy (non-hydrogen) atoms. The van der Waals surface area contributed by atoms with Crippen molar-refractivity contribution in [2.75, 3.05) is 13.2 Å². The lowest BCUT2D eigenvalue weighted by Crippen LogP contribution is -2.52. The number of carbonyl (C=O) groups is 3. The molecule has 2 aromatic rings. The molecule has 0 radical (unpaired) electrons. The maximum absolute atomic E-state index is 12.6. The molecule has 0 aliphatic heterocycles. The van der Waals surface area contributed by atoms with Crippen LogP contribution in [0.2, 0.25) is 0 Å². The van der Waals surface area contributed by atoms with Gasteiger partial charge in [0.05, 0.1) is 12.5 Å². The molecule has 0 heterocycles. The summed E-state index contributed by atoms with van der Waals surface area (Å²) in [5.74, 6) is -2.43. The monoisotopic (exact) mass is 452 g/mol. The second-order valence-electron chi connectivity index (χ2n) is 8.55. The Bertz CT molecular complexity index is 994. The Hall–Kier alpha value is -3.39. The normalized spacial score (nSPS) is 20.3. The van der Waals surface area contributed by atoms with Crippen molar-refractivity contribution in [3.8, 4) is 11.1 Å². The molecule has 0 saturated heterocycles. The van der Waals surface area contributed by atoms with Crippen molar-refractivity contribution >= 4 is 18.0 Å². The SMILES string of the molecule is O=C(N[C@H]1CCCC[C@H]1C(=O)NC(CO)C(=O)O)OCC1c2ccccc2-c2ccccc21. The highest BCUT2D eigenvalue weighted by Gasteiger charge is 2.35. The van der Waals surface area contributed by atoms with E-state index in [0.29, 0.717) is 12.8 Å². The van der Waals surface area contributed by atoms with Gasteiger partial charge < -0.3 is 25.6 Å². The second-order valence-corrected chi connectivity index (χ2v) is 8.55. The Labute approximate surface area is 192 Å². The summed E-state index contributed by atoms with van der Waals surface area (Å²) in [6.45, 7) is -0.521. The van der Waals surface area contributed by atoms with Gasteiger partial charge in [-0.3, -0.25) is 4.79 Å². The Balaban J connectivity index is 1.39. The molecule has 0 spiro atoms. The molecule has 2 amide bonds. The van der Waals surface area contributed by atoms with E-state index in [1.807, 2.05) is 36.4 Å². The number of hydrogen-bond acceptors (Lipinski definition) is 5. The lowest BCUT2D eigenvalue weighted by molar-refractivity contribution is -0.144. The number of aliphatic hydroxyl groups excluding tert-OH is 1. The van der Waals surface area contributed by atoms with Crippen LogP contribution in [-0.4, -0.2) is 53.5 Å². The number of ether oxygens (including phenoxy) is 1. The van der Waals surface area contributed by atoms with Crippen LogP contribution in [0.5, 0.6) is 0 Å². The predicted octanol–water partition coefficient (Wildman–Crippen LogP) is 2.65. The number of rotatable bonds is 7. The smallest absolute Gasteiger partial charge is 0.407 e. The maximum atomic E-state index is 12.6. The van der Waals surface area contributed by atoms with Crippen LogP contribution in [0.25, 0.3) is 11.1 Å². The minimum absolute atomic E-state index is 0.0607. The van der Waals surface area contributed by atoms with Crippen molar-refractivity contribution in [1.82, 2.24) is 10.6 Å². The van der Waals surface area contributed by atoms with Crippen LogP contribution < -0.4 is 10.6 Å². The van der Waals surface area contributed by atoms with Crippen LogP contribution in [0, 0.1) is 5.92 Å². The fourth-order valence-electron chi connectivity index (χ4n) is 4.87. The van der Waals surface area contributed by atoms with Gasteiger partial charge in [-0.1, -0.05) is 61.4 Å². The zero-order chi connectivity index (χ0) is 23.4. The summed E-state index contributed by atoms with van der Waals surface area (Å²) >= 11 is 0. The first-order valence-corrected chi connectivity index (χ1v) is 11.2. The van der Waals surface area contributed by atoms with Gasteiger partial charge in [-0.15, -0.1) is 0 Å². The quantitative estimate of drug-likeness (QED) is 0.512. The van der Waals surface area contributed by atoms with Crippen molar-refractivity contribution in [3.63, 3.8) is 0 Å². The summed E-state index contributed by atoms with van der Waals surface area (Å²) < 4.78 is 5.60. The Kier molecular flexibility index (Phi) is 6.93. The summed E-state index contributed by atoms with van der Waals surface area (Å²) in [5.41, 5.74) is 4.52. The van der Waals surface area contributed by atoms with Crippen molar-refractivity contribution in [3.05, 3.63) is 59.7 Å². The van der Waals surface area contributed by atoms with Gasteiger partial charge in [0.25, 0.3) is 0 Å². The Morgan fingerprint density at radius 3 is 2.18 bits per heavy atom. The number of benzene rings is 2. The van der Waals surface area contributed by atoms with Gasteiger partial charge in [0.1, 0.15) is 12.6 Å². The number of hydrogen-bond donors (Lipinski definition) is 4. The molecule has 1 fully saturated rings. The zero-order valence-electron chi connectivity index (χ0n) is 18.2. The molecule has 0 bridgehead atoms. The standard InChI is InChI=1S/C25H28N2O6/c28-13-22(24(30)31)26-23(29)19-11-5-6-12-21(19)27-25(32)33-14-20-17-9-3-1-7-15(17)16-8-2-4-10-18(16)20/h1-4,7-10,19-22,28H,5-6,11-14H2,(H,26,29)(H,27,32)(H,30,31)/t19-,21+,22?/m1/s1. The number of alkyl carbamates (subject to hydrolysis) is 1. The third-order valence-electron chi connectivity index (χ3n) is 6.55. The molecule has 174 valence electrons. The summed E-state index contributed by atoms with van der Waals surface area (Å²) in [5, 5.41) is 23.4. The average molecular weight is 453 g/mol. The van der Waals surface area contributed by atoms with Gasteiger partial charge in [0.15, 0.2) is 0 Å². The number of carboxylic acid groups (broad SMARTS) is 1. The van der Waals surface area contributed by atoms with Crippen LogP contribution >= 0.6 is 0 Å². The highest BCUT2D eigenvalue weighted by atomic mass is 16.5. The van der Waals surface area contributed by atoms with E-state index in [0.717, 1.165) is 35.1 Å². The summed E-state index contributed by atoms with van der Waals surface area (Å²) in [6.07, 6.45) is 2.17. The number of carbonyl (C=O) groups excluding carboxylic acids is 2. The van der Waals surface area contributed by atoms with Gasteiger partial charge in [-0.2, -0.15) is 0 Å². The predicted molar refractivity (Wildman–Crippen MR) is 121 cm³/mol. The summed E-state index contributed by atoms with van der Waals surface area (Å²) in [6, 6.07) is 14.3. The van der Waals surface area contributed by atoms with Crippen molar-refractivity contribution in [2.45, 2.75) is 43.7 Å². The molecule has 8 heteroatoms. The van der Waals surface area contributed by atoms with Crippen molar-refractivity contribution < 1.29 is 29.3 Å². The maximum Gasteiger partial charge on any atom is 0.407 e. The van der Waals surface area contributed by atoms with Crippen LogP contribution in [0.3, 0.4) is 0 Å². The number of amides is 2. The van der Waals surface area contributed by atoms with Crippen molar-refractivity contribution in [1.29, 1.82) is 0 Å². The van der Waals surface area contributed by atoms with E-state index >= 15 is 0 Å². The lowest BCUT2D eigenvalue weighted by atomic mass is 9.83. The third-order valence-corrected chi connectivity index (χ3v) is 6.55. The van der Waals surface area contributed by atoms with Gasteiger partial charge in [-0.25, -0.2) is 9.59 Å². The molecule has 2 aliphatic carbocycles. The van der Waals surface area contributed by atoms with E-state index < -0.39 is 42.6 Å². The topological polar surface area (TPSA) is 125 Å². The van der Waals surface area contributed by atoms with E-state index in [2.05, 4.69) is 22.8 Å². The summed E-state index contributed by atoms with van der Waals surface area (Å²) in [7, 11) is 0. The highest BCUT2D eigenvalue weighted by molar-refractivity contribution is 5.86. The van der Waals surface area contributed by atoms with Crippen LogP contribution in [-0.2, 0) is 14.3 Å². The number of fused-ring (bicyclic) bond motifs is 3. The van der Waals surface area contributed by atoms with E-state index in [1.165, 1.54) is 0 Å². The van der Waals surface area contributed by atoms with E-state index in [-0.39, 0.29) is 12.5 Å². The molecule has 8 nitrogen and oxygen atoms in total. The molecule has 1 saturated carbocycles. The molecule has 4 rings (SSSR count). The first-order valence-electron chi connectivity index (χ1n) is 11.2. The molecule has 4 N–H and O–H groups in total. The summed E-state index contributed by atoms with van der Waals surface area (Å²) in [4.78, 5) is 36.4. The third kappa shape index (κ3) is 4.85. The minimum Gasteiger partial charge on any atom is -0.480 e. The second kappa shape index (κ2) is 10.0. The zero-order valence-corrected chi connectivity index (χ0v) is 18.2. The highest BCUT2D eigenvalue weighted by Crippen LogP contribution is 2.44. The molecule has 2 aliphatic rings. The van der Waals surface area contributed by atoms with Gasteiger partial charge in [0.2, 0.25) is 5.91 Å². The number of carboxylic acids is 1. The number of aliphatic hydroxyl groups is 1. The van der Waals surface area contributed by atoms with Gasteiger partial charge >= 0.3 is 12.1 Å². The Morgan fingerprint density at radius 2 is 1.58 bits per heavy atom. The first-order chi connectivity index (χ1) is 16.0. The van der Waals surface area contributed by atoms with Gasteiger partial charge in [-0.05, 0) is 35.1 Å². The molecular weight excluding hydrogens is 424 g/mol. The molecule has 0 aromatic heterocycles. The van der Waals surface area contributed by atoms with Crippen molar-refractivity contribution in [2.24, 2.45) is 5.92 Å². The molecule has 1 unspecified atom stereocenters. The molecule has 2 aromatic carbocycles. The largest absolute Gasteiger partial charge is 0.480 e. The molecular formula is C25H28N2O6. The number of nitrogens with one attached hydrogen (secondary N) is 2. The van der Waals surface area contributed by atoms with E-state index in [1.54, 1.807) is 0 Å². The minimum atomic E-state index is -1.37. The van der Waals surface area contributed by atoms with E-state index in [9.17, 15) is 19.5 Å². The molecule has 3 atom stereocenters. The average Bonchev–Trinajstić information content (AvgIpc) is 3.15. The van der Waals surface area contributed by atoms with E-state index in [4.69, 9.17) is 9.84 Å². The fourth-order valence-corrected chi connectivity index (χ4v) is 4.87.